The molecule has 0 radical (unpaired) electrons. The van der Waals surface area contributed by atoms with Crippen molar-refractivity contribution < 1.29 is 9.66 Å². The number of aryl methyl sites for hydroxylation is 1. The third-order valence-corrected chi connectivity index (χ3v) is 5.69. The fraction of sp³-hybridized carbons (Fsp3) is 0.250. The van der Waals surface area contributed by atoms with E-state index in [4.69, 9.17) is 4.74 Å². The summed E-state index contributed by atoms with van der Waals surface area (Å²) >= 11 is 1.67. The largest absolute Gasteiger partial charge is 0.490 e. The molecule has 1 atom stereocenters. The highest BCUT2D eigenvalue weighted by Crippen LogP contribution is 2.32. The van der Waals surface area contributed by atoms with Crippen LogP contribution in [0.25, 0.3) is 10.6 Å². The Morgan fingerprint density at radius 2 is 2.00 bits per heavy atom. The quantitative estimate of drug-likeness (QED) is 0.464. The van der Waals surface area contributed by atoms with Gasteiger partial charge in [-0.25, -0.2) is 4.98 Å². The number of nitrogens with one attached hydrogen (secondary N) is 1. The molecule has 1 heterocycles. The number of hydrogen-bond acceptors (Lipinski definition) is 6. The third kappa shape index (κ3) is 4.32. The van der Waals surface area contributed by atoms with Crippen LogP contribution in [-0.2, 0) is 6.54 Å². The molecule has 0 bridgehead atoms. The van der Waals surface area contributed by atoms with E-state index < -0.39 is 4.92 Å². The van der Waals surface area contributed by atoms with Gasteiger partial charge in [0.15, 0.2) is 5.75 Å². The van der Waals surface area contributed by atoms with E-state index in [1.54, 1.807) is 23.5 Å². The molecule has 7 heteroatoms. The predicted molar refractivity (Wildman–Crippen MR) is 107 cm³/mol. The summed E-state index contributed by atoms with van der Waals surface area (Å²) < 4.78 is 5.05. The molecule has 0 saturated carbocycles. The monoisotopic (exact) mass is 383 g/mol. The molecule has 0 amide bonds. The average molecular weight is 383 g/mol. The van der Waals surface area contributed by atoms with Gasteiger partial charge in [-0.2, -0.15) is 0 Å². The fourth-order valence-electron chi connectivity index (χ4n) is 2.87. The van der Waals surface area contributed by atoms with E-state index in [-0.39, 0.29) is 17.5 Å². The molecule has 3 aromatic rings. The SMILES string of the molecule is COc1ccc(CNC(C)c2sc(-c3ccccc3)nc2C)cc1[N+](=O)[O-]. The van der Waals surface area contributed by atoms with Crippen molar-refractivity contribution >= 4 is 17.0 Å². The molecule has 0 aliphatic heterocycles. The van der Waals surface area contributed by atoms with Crippen molar-refractivity contribution in [1.82, 2.24) is 10.3 Å². The molecule has 27 heavy (non-hydrogen) atoms. The maximum Gasteiger partial charge on any atom is 0.311 e. The Hall–Kier alpha value is -2.77. The van der Waals surface area contributed by atoms with Crippen molar-refractivity contribution in [2.45, 2.75) is 26.4 Å². The van der Waals surface area contributed by atoms with Crippen LogP contribution in [-0.4, -0.2) is 17.0 Å². The highest BCUT2D eigenvalue weighted by atomic mass is 32.1. The average Bonchev–Trinajstić information content (AvgIpc) is 3.08. The van der Waals surface area contributed by atoms with Crippen LogP contribution in [0.3, 0.4) is 0 Å². The van der Waals surface area contributed by atoms with Gasteiger partial charge in [0.25, 0.3) is 0 Å². The molecule has 140 valence electrons. The van der Waals surface area contributed by atoms with E-state index in [1.165, 1.54) is 7.11 Å². The van der Waals surface area contributed by atoms with Crippen molar-refractivity contribution in [2.24, 2.45) is 0 Å². The molecule has 0 aliphatic rings. The molecule has 0 fully saturated rings. The zero-order valence-corrected chi connectivity index (χ0v) is 16.2. The third-order valence-electron chi connectivity index (χ3n) is 4.30. The van der Waals surface area contributed by atoms with Crippen molar-refractivity contribution in [1.29, 1.82) is 0 Å². The van der Waals surface area contributed by atoms with E-state index in [0.717, 1.165) is 26.7 Å². The fourth-order valence-corrected chi connectivity index (χ4v) is 3.96. The molecular weight excluding hydrogens is 362 g/mol. The second-order valence-corrected chi connectivity index (χ2v) is 7.23. The van der Waals surface area contributed by atoms with Gasteiger partial charge in [0.2, 0.25) is 0 Å². The minimum absolute atomic E-state index is 0.0233. The molecule has 0 saturated heterocycles. The number of ether oxygens (including phenoxy) is 1. The maximum atomic E-state index is 11.2. The molecule has 6 nitrogen and oxygen atoms in total. The van der Waals surface area contributed by atoms with Crippen LogP contribution in [0.2, 0.25) is 0 Å². The predicted octanol–water partition coefficient (Wildman–Crippen LogP) is 4.89. The summed E-state index contributed by atoms with van der Waals surface area (Å²) in [4.78, 5) is 16.6. The topological polar surface area (TPSA) is 77.3 Å². The van der Waals surface area contributed by atoms with Gasteiger partial charge < -0.3 is 10.1 Å². The number of methoxy groups -OCH3 is 1. The zero-order chi connectivity index (χ0) is 19.4. The van der Waals surface area contributed by atoms with E-state index in [1.807, 2.05) is 31.2 Å². The Balaban J connectivity index is 1.73. The number of nitro benzene ring substituents is 1. The van der Waals surface area contributed by atoms with Crippen LogP contribution in [0.5, 0.6) is 5.75 Å². The number of nitrogens with zero attached hydrogens (tertiary/aromatic N) is 2. The summed E-state index contributed by atoms with van der Waals surface area (Å²) in [6.45, 7) is 4.60. The summed E-state index contributed by atoms with van der Waals surface area (Å²) in [5.74, 6) is 0.266. The minimum atomic E-state index is -0.425. The molecule has 1 N–H and O–H groups in total. The van der Waals surface area contributed by atoms with Crippen molar-refractivity contribution in [3.63, 3.8) is 0 Å². The highest BCUT2D eigenvalue weighted by molar-refractivity contribution is 7.15. The first kappa shape index (κ1) is 19.0. The molecule has 1 aromatic heterocycles. The van der Waals surface area contributed by atoms with Gasteiger partial charge in [-0.05, 0) is 25.5 Å². The first-order chi connectivity index (χ1) is 13.0. The van der Waals surface area contributed by atoms with Gasteiger partial charge in [-0.1, -0.05) is 36.4 Å². The highest BCUT2D eigenvalue weighted by Gasteiger charge is 2.17. The van der Waals surface area contributed by atoms with Gasteiger partial charge in [0, 0.05) is 29.1 Å². The lowest BCUT2D eigenvalue weighted by atomic mass is 10.1. The molecule has 3 rings (SSSR count). The molecule has 0 aliphatic carbocycles. The smallest absolute Gasteiger partial charge is 0.311 e. The standard InChI is InChI=1S/C20H21N3O3S/c1-13(19-14(2)22-20(27-19)16-7-5-4-6-8-16)21-12-15-9-10-18(26-3)17(11-15)23(24)25/h4-11,13,21H,12H2,1-3H3. The molecule has 0 spiro atoms. The Kier molecular flexibility index (Phi) is 5.83. The minimum Gasteiger partial charge on any atom is -0.490 e. The van der Waals surface area contributed by atoms with Crippen LogP contribution in [0, 0.1) is 17.0 Å². The van der Waals surface area contributed by atoms with Crippen LogP contribution in [0.1, 0.15) is 29.1 Å². The van der Waals surface area contributed by atoms with Gasteiger partial charge in [-0.3, -0.25) is 10.1 Å². The Labute approximate surface area is 162 Å². The first-order valence-electron chi connectivity index (χ1n) is 8.57. The van der Waals surface area contributed by atoms with Crippen LogP contribution in [0.15, 0.2) is 48.5 Å². The number of aromatic nitrogens is 1. The first-order valence-corrected chi connectivity index (χ1v) is 9.38. The Bertz CT molecular complexity index is 941. The van der Waals surface area contributed by atoms with Crippen molar-refractivity contribution in [3.8, 4) is 16.3 Å². The van der Waals surface area contributed by atoms with E-state index >= 15 is 0 Å². The maximum absolute atomic E-state index is 11.2. The van der Waals surface area contributed by atoms with E-state index in [2.05, 4.69) is 29.4 Å². The lowest BCUT2D eigenvalue weighted by Gasteiger charge is -2.13. The number of hydrogen-bond donors (Lipinski definition) is 1. The van der Waals surface area contributed by atoms with E-state index in [9.17, 15) is 10.1 Å². The normalized spacial score (nSPS) is 12.0. The molecule has 2 aromatic carbocycles. The lowest BCUT2D eigenvalue weighted by Crippen LogP contribution is -2.18. The van der Waals surface area contributed by atoms with Gasteiger partial charge in [-0.15, -0.1) is 11.3 Å². The van der Waals surface area contributed by atoms with E-state index in [0.29, 0.717) is 6.54 Å². The lowest BCUT2D eigenvalue weighted by molar-refractivity contribution is -0.385. The van der Waals surface area contributed by atoms with Crippen molar-refractivity contribution in [3.05, 3.63) is 74.8 Å². The number of nitro groups is 1. The van der Waals surface area contributed by atoms with Crippen LogP contribution >= 0.6 is 11.3 Å². The van der Waals surface area contributed by atoms with Gasteiger partial charge in [0.05, 0.1) is 17.7 Å². The van der Waals surface area contributed by atoms with Crippen molar-refractivity contribution in [2.75, 3.05) is 7.11 Å². The number of thiazole rings is 1. The Morgan fingerprint density at radius 1 is 1.26 bits per heavy atom. The molecule has 1 unspecified atom stereocenters. The number of rotatable bonds is 7. The van der Waals surface area contributed by atoms with Crippen LogP contribution in [0.4, 0.5) is 5.69 Å². The molecular formula is C20H21N3O3S. The summed E-state index contributed by atoms with van der Waals surface area (Å²) in [7, 11) is 1.43. The van der Waals surface area contributed by atoms with Crippen LogP contribution < -0.4 is 10.1 Å². The summed E-state index contributed by atoms with van der Waals surface area (Å²) in [5.41, 5.74) is 2.92. The summed E-state index contributed by atoms with van der Waals surface area (Å²) in [6.07, 6.45) is 0. The zero-order valence-electron chi connectivity index (χ0n) is 15.4. The second-order valence-electron chi connectivity index (χ2n) is 6.20. The number of benzene rings is 2. The summed E-state index contributed by atoms with van der Waals surface area (Å²) in [6, 6.07) is 15.2. The Morgan fingerprint density at radius 3 is 2.67 bits per heavy atom. The second kappa shape index (κ2) is 8.28. The summed E-state index contributed by atoms with van der Waals surface area (Å²) in [5, 5.41) is 15.6. The van der Waals surface area contributed by atoms with Gasteiger partial charge >= 0.3 is 5.69 Å². The van der Waals surface area contributed by atoms with Gasteiger partial charge in [0.1, 0.15) is 5.01 Å².